The highest BCUT2D eigenvalue weighted by atomic mass is 79.9. The molecule has 0 bridgehead atoms. The minimum Gasteiger partial charge on any atom is -0.204 e. The molecule has 0 saturated carbocycles. The second-order valence-electron chi connectivity index (χ2n) is 3.65. The van der Waals surface area contributed by atoms with E-state index in [0.29, 0.717) is 5.92 Å². The summed E-state index contributed by atoms with van der Waals surface area (Å²) in [6.45, 7) is 4.20. The van der Waals surface area contributed by atoms with Gasteiger partial charge in [0.1, 0.15) is 0 Å². The maximum absolute atomic E-state index is 13.0. The van der Waals surface area contributed by atoms with E-state index in [2.05, 4.69) is 29.8 Å². The quantitative estimate of drug-likeness (QED) is 0.691. The average molecular weight is 277 g/mol. The zero-order chi connectivity index (χ0) is 11.4. The third kappa shape index (κ3) is 3.00. The highest BCUT2D eigenvalue weighted by Gasteiger charge is 2.18. The van der Waals surface area contributed by atoms with Gasteiger partial charge in [-0.05, 0) is 23.6 Å². The minimum absolute atomic E-state index is 0.0996. The van der Waals surface area contributed by atoms with Crippen LogP contribution in [0.15, 0.2) is 18.2 Å². The molecule has 0 heterocycles. The molecule has 15 heavy (non-hydrogen) atoms. The molecule has 1 aromatic rings. The van der Waals surface area contributed by atoms with Crippen molar-refractivity contribution >= 4 is 15.9 Å². The Bertz CT molecular complexity index is 321. The Hall–Kier alpha value is -0.440. The standard InChI is InChI=1S/C12H15BrF2/c1-3-8(4-2)12(13)9-5-6-10(14)11(15)7-9/h5-8,12H,3-4H2,1-2H3. The maximum Gasteiger partial charge on any atom is 0.159 e. The minimum atomic E-state index is -0.789. The summed E-state index contributed by atoms with van der Waals surface area (Å²) in [5.41, 5.74) is 0.808. The predicted octanol–water partition coefficient (Wildman–Crippen LogP) is 4.84. The third-order valence-electron chi connectivity index (χ3n) is 2.72. The van der Waals surface area contributed by atoms with Gasteiger partial charge in [0.25, 0.3) is 0 Å². The van der Waals surface area contributed by atoms with Gasteiger partial charge >= 0.3 is 0 Å². The van der Waals surface area contributed by atoms with Crippen molar-refractivity contribution < 1.29 is 8.78 Å². The smallest absolute Gasteiger partial charge is 0.159 e. The molecule has 0 N–H and O–H groups in total. The van der Waals surface area contributed by atoms with Crippen LogP contribution in [-0.2, 0) is 0 Å². The number of hydrogen-bond donors (Lipinski definition) is 0. The number of halogens is 3. The summed E-state index contributed by atoms with van der Waals surface area (Å²) in [6.07, 6.45) is 2.04. The second kappa shape index (κ2) is 5.59. The van der Waals surface area contributed by atoms with Gasteiger partial charge in [0.15, 0.2) is 11.6 Å². The Labute approximate surface area is 97.8 Å². The van der Waals surface area contributed by atoms with Crippen LogP contribution in [0.25, 0.3) is 0 Å². The van der Waals surface area contributed by atoms with E-state index in [1.807, 2.05) is 0 Å². The van der Waals surface area contributed by atoms with E-state index in [9.17, 15) is 8.78 Å². The number of alkyl halides is 1. The molecule has 1 atom stereocenters. The molecule has 0 aromatic heterocycles. The first-order valence-corrected chi connectivity index (χ1v) is 6.10. The lowest BCUT2D eigenvalue weighted by atomic mass is 9.94. The molecule has 84 valence electrons. The van der Waals surface area contributed by atoms with Gasteiger partial charge in [0.05, 0.1) is 0 Å². The first-order valence-electron chi connectivity index (χ1n) is 5.19. The van der Waals surface area contributed by atoms with Crippen LogP contribution >= 0.6 is 15.9 Å². The number of benzene rings is 1. The molecule has 0 spiro atoms. The SMILES string of the molecule is CCC(CC)C(Br)c1ccc(F)c(F)c1. The van der Waals surface area contributed by atoms with Gasteiger partial charge < -0.3 is 0 Å². The highest BCUT2D eigenvalue weighted by molar-refractivity contribution is 9.09. The van der Waals surface area contributed by atoms with Crippen LogP contribution in [0.2, 0.25) is 0 Å². The molecule has 0 aliphatic rings. The fourth-order valence-electron chi connectivity index (χ4n) is 1.66. The van der Waals surface area contributed by atoms with Gasteiger partial charge in [-0.1, -0.05) is 48.7 Å². The van der Waals surface area contributed by atoms with Crippen molar-refractivity contribution in [2.24, 2.45) is 5.92 Å². The van der Waals surface area contributed by atoms with E-state index in [1.165, 1.54) is 12.1 Å². The van der Waals surface area contributed by atoms with Crippen molar-refractivity contribution in [3.8, 4) is 0 Å². The largest absolute Gasteiger partial charge is 0.204 e. The maximum atomic E-state index is 13.0. The van der Waals surface area contributed by atoms with Crippen LogP contribution in [-0.4, -0.2) is 0 Å². The van der Waals surface area contributed by atoms with Crippen molar-refractivity contribution in [3.05, 3.63) is 35.4 Å². The van der Waals surface area contributed by atoms with E-state index in [0.717, 1.165) is 18.4 Å². The van der Waals surface area contributed by atoms with Gasteiger partial charge in [-0.3, -0.25) is 0 Å². The van der Waals surface area contributed by atoms with Crippen molar-refractivity contribution in [2.75, 3.05) is 0 Å². The molecule has 0 nitrogen and oxygen atoms in total. The summed E-state index contributed by atoms with van der Waals surface area (Å²) < 4.78 is 25.8. The molecule has 0 aliphatic heterocycles. The lowest BCUT2D eigenvalue weighted by Gasteiger charge is -2.19. The zero-order valence-electron chi connectivity index (χ0n) is 8.93. The lowest BCUT2D eigenvalue weighted by Crippen LogP contribution is -2.06. The lowest BCUT2D eigenvalue weighted by molar-refractivity contribution is 0.478. The first-order chi connectivity index (χ1) is 7.10. The number of hydrogen-bond acceptors (Lipinski definition) is 0. The fourth-order valence-corrected chi connectivity index (χ4v) is 2.69. The van der Waals surface area contributed by atoms with Crippen LogP contribution in [0.4, 0.5) is 8.78 Å². The van der Waals surface area contributed by atoms with Gasteiger partial charge in [-0.25, -0.2) is 8.78 Å². The molecule has 3 heteroatoms. The van der Waals surface area contributed by atoms with E-state index in [4.69, 9.17) is 0 Å². The van der Waals surface area contributed by atoms with E-state index in [1.54, 1.807) is 6.07 Å². The Morgan fingerprint density at radius 1 is 1.13 bits per heavy atom. The molecule has 0 aliphatic carbocycles. The molecule has 0 fully saturated rings. The fraction of sp³-hybridized carbons (Fsp3) is 0.500. The number of rotatable bonds is 4. The van der Waals surface area contributed by atoms with Gasteiger partial charge in [-0.2, -0.15) is 0 Å². The van der Waals surface area contributed by atoms with Crippen LogP contribution in [0.1, 0.15) is 37.1 Å². The summed E-state index contributed by atoms with van der Waals surface area (Å²) in [6, 6.07) is 4.09. The summed E-state index contributed by atoms with van der Waals surface area (Å²) in [5.74, 6) is -1.11. The molecule has 1 unspecified atom stereocenters. The van der Waals surface area contributed by atoms with Gasteiger partial charge in [0.2, 0.25) is 0 Å². The Morgan fingerprint density at radius 3 is 2.20 bits per heavy atom. The van der Waals surface area contributed by atoms with Crippen LogP contribution < -0.4 is 0 Å². The Kier molecular flexibility index (Phi) is 4.71. The summed E-state index contributed by atoms with van der Waals surface area (Å²) in [7, 11) is 0. The molecule has 1 aromatic carbocycles. The molecule has 0 saturated heterocycles. The van der Waals surface area contributed by atoms with Gasteiger partial charge in [-0.15, -0.1) is 0 Å². The average Bonchev–Trinajstić information content (AvgIpc) is 2.23. The predicted molar refractivity (Wildman–Crippen MR) is 62.1 cm³/mol. The topological polar surface area (TPSA) is 0 Å². The summed E-state index contributed by atoms with van der Waals surface area (Å²) in [4.78, 5) is 0.0996. The second-order valence-corrected chi connectivity index (χ2v) is 4.64. The molecule has 0 radical (unpaired) electrons. The third-order valence-corrected chi connectivity index (χ3v) is 4.00. The molecular weight excluding hydrogens is 262 g/mol. The van der Waals surface area contributed by atoms with Crippen molar-refractivity contribution in [3.63, 3.8) is 0 Å². The molecule has 0 amide bonds. The van der Waals surface area contributed by atoms with Crippen LogP contribution in [0.3, 0.4) is 0 Å². The van der Waals surface area contributed by atoms with Gasteiger partial charge in [0, 0.05) is 4.83 Å². The summed E-state index contributed by atoms with van der Waals surface area (Å²) >= 11 is 3.54. The Morgan fingerprint density at radius 2 is 1.73 bits per heavy atom. The molecular formula is C12H15BrF2. The summed E-state index contributed by atoms with van der Waals surface area (Å²) in [5, 5.41) is 0. The van der Waals surface area contributed by atoms with E-state index in [-0.39, 0.29) is 4.83 Å². The highest BCUT2D eigenvalue weighted by Crippen LogP contribution is 2.35. The normalized spacial score (nSPS) is 13.2. The van der Waals surface area contributed by atoms with E-state index < -0.39 is 11.6 Å². The van der Waals surface area contributed by atoms with Crippen molar-refractivity contribution in [1.82, 2.24) is 0 Å². The monoisotopic (exact) mass is 276 g/mol. The van der Waals surface area contributed by atoms with E-state index >= 15 is 0 Å². The van der Waals surface area contributed by atoms with Crippen molar-refractivity contribution in [2.45, 2.75) is 31.5 Å². The van der Waals surface area contributed by atoms with Crippen LogP contribution in [0.5, 0.6) is 0 Å². The zero-order valence-corrected chi connectivity index (χ0v) is 10.5. The van der Waals surface area contributed by atoms with Crippen molar-refractivity contribution in [1.29, 1.82) is 0 Å². The van der Waals surface area contributed by atoms with Crippen LogP contribution in [0, 0.1) is 17.6 Å². The molecule has 1 rings (SSSR count). The first kappa shape index (κ1) is 12.6. The Balaban J connectivity index is 2.90.